The molecule has 0 amide bonds. The number of hydrogen-bond acceptors (Lipinski definition) is 9. The third-order valence-electron chi connectivity index (χ3n) is 13.6. The zero-order chi connectivity index (χ0) is 56.1. The first kappa shape index (κ1) is 87.3. The standard InChI is InChI=1S/C28H42O2S.2C9H19NS2.2C8H17.2H3N.3Ni/c1-7-9-11-17-27(3,4)21-13-15-23(29)25(19-21)31-26-20-22(14-16-24(26)30)28(5,6)18-12-10-8-2;2*1-3-5-7-10(9(11)12)8-6-4-2;2*1-4-6-7-8(3)5-2;;;;;/h13-16,19-20,29-30H,7-12,17-18H2,1-6H3;2*3-8H2,1-2H3,(H,11,12);2*8H,3-7H2,1-2H3;2*1H3;;;/q;;;;;;;2*+1;+2/p-4. The summed E-state index contributed by atoms with van der Waals surface area (Å²) < 4.78 is 1.27. The summed E-state index contributed by atoms with van der Waals surface area (Å²) in [5.74, 6) is 1.66. The van der Waals surface area contributed by atoms with E-state index < -0.39 is 0 Å². The van der Waals surface area contributed by atoms with Gasteiger partial charge in [-0.3, -0.25) is 0 Å². The molecule has 0 aliphatic carbocycles. The number of rotatable bonds is 34. The van der Waals surface area contributed by atoms with E-state index in [4.69, 9.17) is 80.6 Å². The summed E-state index contributed by atoms with van der Waals surface area (Å²) in [4.78, 5) is 5.58. The van der Waals surface area contributed by atoms with Gasteiger partial charge in [0, 0.05) is 36.0 Å². The summed E-state index contributed by atoms with van der Waals surface area (Å²) in [7, 11) is 0. The van der Waals surface area contributed by atoms with Crippen molar-refractivity contribution in [3.05, 3.63) is 47.5 Å². The molecule has 2 aromatic carbocycles. The van der Waals surface area contributed by atoms with Gasteiger partial charge in [-0.2, -0.15) is 0 Å². The van der Waals surface area contributed by atoms with Gasteiger partial charge in [0.05, 0.1) is 0 Å². The fourth-order valence-electron chi connectivity index (χ4n) is 7.75. The molecule has 0 bridgehead atoms. The molecule has 0 aliphatic heterocycles. The fraction of sp³-hybridized carbons (Fsp3) is 0.774. The van der Waals surface area contributed by atoms with Gasteiger partial charge < -0.3 is 82.0 Å². The van der Waals surface area contributed by atoms with Gasteiger partial charge in [-0.1, -0.05) is 190 Å². The molecule has 6 N–H and O–H groups in total. The van der Waals surface area contributed by atoms with Gasteiger partial charge in [-0.15, -0.1) is 0 Å². The van der Waals surface area contributed by atoms with Gasteiger partial charge >= 0.3 is 149 Å². The maximum absolute atomic E-state index is 12.6. The number of thiocarbonyl (C=S) groups is 2. The molecule has 456 valence electrons. The van der Waals surface area contributed by atoms with Crippen LogP contribution in [0.15, 0.2) is 46.2 Å². The first-order valence-electron chi connectivity index (χ1n) is 29.0. The Morgan fingerprint density at radius 2 is 0.776 bits per heavy atom. The summed E-state index contributed by atoms with van der Waals surface area (Å²) in [5.41, 5.74) is 2.38. The number of nitrogens with zero attached hydrogens (tertiary/aromatic N) is 2. The van der Waals surface area contributed by atoms with Crippen molar-refractivity contribution in [1.29, 1.82) is 0 Å². The third-order valence-corrected chi connectivity index (χ3v) is 16.8. The Bertz CT molecular complexity index is 1490. The van der Waals surface area contributed by atoms with Crippen molar-refractivity contribution in [1.82, 2.24) is 22.1 Å². The summed E-state index contributed by atoms with van der Waals surface area (Å²) in [6.45, 7) is 35.3. The number of hydrogen-bond donors (Lipinski definition) is 2. The predicted octanol–water partition coefficient (Wildman–Crippen LogP) is 19.8. The van der Waals surface area contributed by atoms with Crippen molar-refractivity contribution in [2.75, 3.05) is 26.2 Å². The second-order valence-corrected chi connectivity index (χ2v) is 25.1. The molecule has 0 aromatic heterocycles. The minimum Gasteiger partial charge on any atom is -0.872 e. The molecule has 14 heteroatoms. The van der Waals surface area contributed by atoms with Crippen molar-refractivity contribution in [3.8, 4) is 11.5 Å². The fourth-order valence-corrected chi connectivity index (χ4v) is 10.4. The maximum atomic E-state index is 12.6. The second kappa shape index (κ2) is 56.9. The van der Waals surface area contributed by atoms with E-state index in [-0.39, 0.29) is 51.1 Å². The van der Waals surface area contributed by atoms with E-state index in [1.807, 2.05) is 24.3 Å². The molecule has 0 radical (unpaired) electrons. The second-order valence-electron chi connectivity index (χ2n) is 21.1. The molecule has 0 aliphatic rings. The third kappa shape index (κ3) is 44.6. The quantitative estimate of drug-likeness (QED) is 0.0301. The van der Waals surface area contributed by atoms with Gasteiger partial charge in [0.2, 0.25) is 0 Å². The summed E-state index contributed by atoms with van der Waals surface area (Å²) in [6, 6.07) is 11.3. The van der Waals surface area contributed by atoms with Gasteiger partial charge in [-0.25, -0.2) is 0 Å². The summed E-state index contributed by atoms with van der Waals surface area (Å²) in [6.07, 6.45) is 29.7. The van der Waals surface area contributed by atoms with E-state index in [1.165, 1.54) is 164 Å². The maximum Gasteiger partial charge on any atom is 2.00 e. The van der Waals surface area contributed by atoms with Crippen LogP contribution in [0.4, 0.5) is 0 Å². The molecule has 2 rings (SSSR count). The van der Waals surface area contributed by atoms with Crippen LogP contribution in [0.25, 0.3) is 0 Å². The van der Waals surface area contributed by atoms with E-state index in [2.05, 4.69) is 107 Å². The van der Waals surface area contributed by atoms with Gasteiger partial charge in [-0.05, 0) is 72.6 Å². The van der Waals surface area contributed by atoms with E-state index in [9.17, 15) is 10.2 Å². The van der Waals surface area contributed by atoms with Gasteiger partial charge in [0.15, 0.2) is 0 Å². The molecule has 6 nitrogen and oxygen atoms in total. The van der Waals surface area contributed by atoms with Crippen molar-refractivity contribution >= 4 is 70.1 Å². The summed E-state index contributed by atoms with van der Waals surface area (Å²) >= 11 is 30.7. The van der Waals surface area contributed by atoms with E-state index in [0.29, 0.717) is 18.4 Å². The van der Waals surface area contributed by atoms with Gasteiger partial charge in [0.1, 0.15) is 0 Å². The Hall–Kier alpha value is 0.0105. The van der Waals surface area contributed by atoms with E-state index >= 15 is 0 Å². The Balaban J connectivity index is -0.000000226. The molecule has 76 heavy (non-hydrogen) atoms. The Kier molecular flexibility index (Phi) is 65.3. The molecule has 0 fully saturated rings. The van der Waals surface area contributed by atoms with Crippen LogP contribution >= 0.6 is 36.2 Å². The molecule has 2 atom stereocenters. The molecule has 2 aromatic rings. The van der Waals surface area contributed by atoms with Crippen molar-refractivity contribution in [2.45, 2.75) is 282 Å². The van der Waals surface area contributed by atoms with Crippen LogP contribution in [0.3, 0.4) is 0 Å². The topological polar surface area (TPSA) is 123 Å². The Morgan fingerprint density at radius 1 is 0.500 bits per heavy atom. The largest absolute Gasteiger partial charge is 2.00 e. The predicted molar refractivity (Wildman–Crippen MR) is 339 cm³/mol. The van der Waals surface area contributed by atoms with Crippen LogP contribution < -0.4 is 22.5 Å². The van der Waals surface area contributed by atoms with Crippen LogP contribution in [0.1, 0.15) is 262 Å². The van der Waals surface area contributed by atoms with Crippen molar-refractivity contribution in [3.63, 3.8) is 0 Å². The van der Waals surface area contributed by atoms with Crippen LogP contribution in [-0.2, 0) is 83.5 Å². The Morgan fingerprint density at radius 3 is 1.00 bits per heavy atom. The van der Waals surface area contributed by atoms with Crippen molar-refractivity contribution < 1.29 is 57.6 Å². The minimum absolute atomic E-state index is 0. The average Bonchev–Trinajstić information content (AvgIpc) is 3.36. The average molecular weight is 1290 g/mol. The van der Waals surface area contributed by atoms with Crippen LogP contribution in [-0.4, -0.2) is 44.6 Å². The number of benzene rings is 2. The molecule has 0 saturated carbocycles. The van der Waals surface area contributed by atoms with E-state index in [0.717, 1.165) is 61.6 Å². The first-order chi connectivity index (χ1) is 34.7. The molecule has 0 spiro atoms. The van der Waals surface area contributed by atoms with Crippen LogP contribution in [0.5, 0.6) is 11.5 Å². The zero-order valence-electron chi connectivity index (χ0n) is 50.9. The smallest absolute Gasteiger partial charge is 0.872 e. The molecule has 0 saturated heterocycles. The zero-order valence-corrected chi connectivity index (χ0v) is 58.0. The van der Waals surface area contributed by atoms with Crippen LogP contribution in [0.2, 0.25) is 10.8 Å². The van der Waals surface area contributed by atoms with Crippen molar-refractivity contribution in [2.24, 2.45) is 11.8 Å². The summed E-state index contributed by atoms with van der Waals surface area (Å²) in [5, 5.41) is 27.2. The first-order valence-corrected chi connectivity index (χ1v) is 32.8. The monoisotopic (exact) mass is 1280 g/mol. The Labute approximate surface area is 524 Å². The minimum atomic E-state index is -0.00915. The molecule has 2 unspecified atom stereocenters. The number of unbranched alkanes of at least 4 members (excludes halogenated alkanes) is 10. The molecule has 0 heterocycles. The normalized spacial score (nSPS) is 11.4. The molecular weight excluding hydrogens is 1170 g/mol. The van der Waals surface area contributed by atoms with Gasteiger partial charge in [0.25, 0.3) is 0 Å². The molecular formula is C62H116N4Ni3O2S5. The van der Waals surface area contributed by atoms with E-state index in [1.54, 1.807) is 12.1 Å². The SMILES string of the molecule is CCCCC(CC)[CH2][Ni+].CCCCC(CC)[CH2][Ni+].CCCCCC(C)(C)c1ccc([O-])c(Sc2cc(C(C)(C)CCCCC)ccc2[O-])c1.CCCCN(CCCC)C(=S)[S-].CCCCN(CCCC)C(=S)[S-].N.N.[Ni+2]. The van der Waals surface area contributed by atoms with Crippen LogP contribution in [0, 0.1) is 11.8 Å².